The van der Waals surface area contributed by atoms with Crippen LogP contribution in [-0.4, -0.2) is 40.5 Å². The van der Waals surface area contributed by atoms with Gasteiger partial charge in [0, 0.05) is 12.2 Å². The highest BCUT2D eigenvalue weighted by Gasteiger charge is 2.19. The highest BCUT2D eigenvalue weighted by atomic mass is 16.3. The minimum Gasteiger partial charge on any atom is -0.390 e. The average Bonchev–Trinajstić information content (AvgIpc) is 2.71. The van der Waals surface area contributed by atoms with Gasteiger partial charge in [0.15, 0.2) is 6.29 Å². The fraction of sp³-hybridized carbons (Fsp3) is 0.333. The van der Waals surface area contributed by atoms with Gasteiger partial charge in [0.05, 0.1) is 18.3 Å². The lowest BCUT2D eigenvalue weighted by molar-refractivity contribution is 0.112. The van der Waals surface area contributed by atoms with E-state index in [0.717, 1.165) is 0 Å². The summed E-state index contributed by atoms with van der Waals surface area (Å²) in [5.74, 6) is 0. The zero-order valence-electron chi connectivity index (χ0n) is 12.1. The molecule has 0 radical (unpaired) electrons. The van der Waals surface area contributed by atoms with Crippen LogP contribution < -0.4 is 10.9 Å². The summed E-state index contributed by atoms with van der Waals surface area (Å²) in [6.45, 7) is 2.33. The van der Waals surface area contributed by atoms with Crippen molar-refractivity contribution in [3.63, 3.8) is 0 Å². The third kappa shape index (κ3) is 2.96. The van der Waals surface area contributed by atoms with E-state index in [4.69, 9.17) is 0 Å². The molecule has 0 fully saturated rings. The van der Waals surface area contributed by atoms with E-state index >= 15 is 0 Å². The number of carbonyl (C=O) groups is 1. The highest BCUT2D eigenvalue weighted by Crippen LogP contribution is 2.11. The molecule has 6 nitrogen and oxygen atoms in total. The first-order valence-corrected chi connectivity index (χ1v) is 6.75. The molecule has 112 valence electrons. The molecule has 2 rings (SSSR count). The Labute approximate surface area is 122 Å². The SMILES string of the molecule is CNCC(O)Cn1c(C)c(C=O)c(=O)n1-c1ccccc1. The summed E-state index contributed by atoms with van der Waals surface area (Å²) in [5.41, 5.74) is 0.963. The molecule has 2 aromatic rings. The lowest BCUT2D eigenvalue weighted by Gasteiger charge is -2.17. The number of aliphatic hydroxyl groups is 1. The van der Waals surface area contributed by atoms with Gasteiger partial charge in [-0.1, -0.05) is 18.2 Å². The highest BCUT2D eigenvalue weighted by molar-refractivity contribution is 5.76. The monoisotopic (exact) mass is 289 g/mol. The molecule has 1 aromatic heterocycles. The summed E-state index contributed by atoms with van der Waals surface area (Å²) in [4.78, 5) is 23.6. The average molecular weight is 289 g/mol. The zero-order valence-corrected chi connectivity index (χ0v) is 12.1. The first-order valence-electron chi connectivity index (χ1n) is 6.75. The second kappa shape index (κ2) is 6.51. The first-order chi connectivity index (χ1) is 10.1. The molecule has 0 aliphatic heterocycles. The Kier molecular flexibility index (Phi) is 4.72. The van der Waals surface area contributed by atoms with E-state index in [0.29, 0.717) is 24.2 Å². The number of likely N-dealkylation sites (N-methyl/N-ethyl adjacent to an activating group) is 1. The van der Waals surface area contributed by atoms with Gasteiger partial charge in [-0.2, -0.15) is 0 Å². The van der Waals surface area contributed by atoms with E-state index in [-0.39, 0.29) is 17.7 Å². The van der Waals surface area contributed by atoms with Crippen LogP contribution in [0.4, 0.5) is 0 Å². The van der Waals surface area contributed by atoms with Crippen LogP contribution in [0, 0.1) is 6.92 Å². The van der Waals surface area contributed by atoms with E-state index in [9.17, 15) is 14.7 Å². The molecular weight excluding hydrogens is 270 g/mol. The molecule has 2 N–H and O–H groups in total. The van der Waals surface area contributed by atoms with Gasteiger partial charge < -0.3 is 10.4 Å². The number of nitrogens with one attached hydrogen (secondary N) is 1. The maximum absolute atomic E-state index is 12.4. The maximum atomic E-state index is 12.4. The van der Waals surface area contributed by atoms with Crippen LogP contribution in [0.25, 0.3) is 5.69 Å². The number of nitrogens with zero attached hydrogens (tertiary/aromatic N) is 2. The zero-order chi connectivity index (χ0) is 15.4. The number of rotatable bonds is 6. The van der Waals surface area contributed by atoms with Gasteiger partial charge in [0.2, 0.25) is 0 Å². The summed E-state index contributed by atoms with van der Waals surface area (Å²) >= 11 is 0. The van der Waals surface area contributed by atoms with Crippen LogP contribution in [0.2, 0.25) is 0 Å². The third-order valence-corrected chi connectivity index (χ3v) is 3.38. The summed E-state index contributed by atoms with van der Waals surface area (Å²) in [7, 11) is 1.74. The molecule has 0 amide bonds. The Balaban J connectivity index is 2.57. The standard InChI is InChI=1S/C15H19N3O3/c1-11-14(10-19)15(21)18(12-6-4-3-5-7-12)17(11)9-13(20)8-16-2/h3-7,10,13,16,20H,8-9H2,1-2H3. The molecule has 1 aromatic carbocycles. The van der Waals surface area contributed by atoms with Crippen molar-refractivity contribution in [1.29, 1.82) is 0 Å². The van der Waals surface area contributed by atoms with Crippen LogP contribution in [0.5, 0.6) is 0 Å². The van der Waals surface area contributed by atoms with Crippen molar-refractivity contribution in [3.8, 4) is 5.69 Å². The predicted octanol–water partition coefficient (Wildman–Crippen LogP) is 0.340. The quantitative estimate of drug-likeness (QED) is 0.752. The minimum absolute atomic E-state index is 0.121. The van der Waals surface area contributed by atoms with Gasteiger partial charge in [-0.15, -0.1) is 0 Å². The van der Waals surface area contributed by atoms with E-state index in [1.54, 1.807) is 30.8 Å². The van der Waals surface area contributed by atoms with E-state index in [1.807, 2.05) is 18.2 Å². The Bertz CT molecular complexity index is 673. The fourth-order valence-corrected chi connectivity index (χ4v) is 2.35. The number of carbonyl (C=O) groups excluding carboxylic acids is 1. The van der Waals surface area contributed by atoms with E-state index in [1.165, 1.54) is 4.68 Å². The molecule has 1 unspecified atom stereocenters. The van der Waals surface area contributed by atoms with Crippen molar-refractivity contribution in [2.24, 2.45) is 0 Å². The largest absolute Gasteiger partial charge is 0.390 e. The summed E-state index contributed by atoms with van der Waals surface area (Å²) in [6.07, 6.45) is -0.0899. The lowest BCUT2D eigenvalue weighted by Crippen LogP contribution is -2.32. The molecule has 0 aliphatic rings. The second-order valence-electron chi connectivity index (χ2n) is 4.86. The van der Waals surface area contributed by atoms with Crippen molar-refractivity contribution >= 4 is 6.29 Å². The minimum atomic E-state index is -0.657. The number of aldehydes is 1. The van der Waals surface area contributed by atoms with Crippen molar-refractivity contribution < 1.29 is 9.90 Å². The molecule has 0 aliphatic carbocycles. The summed E-state index contributed by atoms with van der Waals surface area (Å²) < 4.78 is 3.07. The maximum Gasteiger partial charge on any atom is 0.282 e. The number of benzene rings is 1. The van der Waals surface area contributed by atoms with E-state index < -0.39 is 6.10 Å². The predicted molar refractivity (Wildman–Crippen MR) is 80.1 cm³/mol. The van der Waals surface area contributed by atoms with Gasteiger partial charge in [0.1, 0.15) is 5.56 Å². The van der Waals surface area contributed by atoms with Crippen LogP contribution in [0.1, 0.15) is 16.1 Å². The fourth-order valence-electron chi connectivity index (χ4n) is 2.35. The number of para-hydroxylation sites is 1. The van der Waals surface area contributed by atoms with Gasteiger partial charge in [0.25, 0.3) is 5.56 Å². The van der Waals surface area contributed by atoms with Gasteiger partial charge in [-0.05, 0) is 26.1 Å². The van der Waals surface area contributed by atoms with Crippen molar-refractivity contribution in [2.75, 3.05) is 13.6 Å². The number of hydrogen-bond acceptors (Lipinski definition) is 4. The van der Waals surface area contributed by atoms with Gasteiger partial charge in [-0.3, -0.25) is 14.3 Å². The molecule has 6 heteroatoms. The lowest BCUT2D eigenvalue weighted by atomic mass is 10.3. The van der Waals surface area contributed by atoms with E-state index in [2.05, 4.69) is 5.32 Å². The van der Waals surface area contributed by atoms with Gasteiger partial charge >= 0.3 is 0 Å². The summed E-state index contributed by atoms with van der Waals surface area (Å²) in [5, 5.41) is 12.9. The second-order valence-corrected chi connectivity index (χ2v) is 4.86. The Morgan fingerprint density at radius 1 is 1.33 bits per heavy atom. The molecule has 0 saturated carbocycles. The molecule has 1 atom stereocenters. The van der Waals surface area contributed by atoms with Crippen molar-refractivity contribution in [1.82, 2.24) is 14.7 Å². The van der Waals surface area contributed by atoms with Crippen LogP contribution in [0.15, 0.2) is 35.1 Å². The molecular formula is C15H19N3O3. The number of hydrogen-bond donors (Lipinski definition) is 2. The summed E-state index contributed by atoms with van der Waals surface area (Å²) in [6, 6.07) is 9.07. The molecule has 0 saturated heterocycles. The topological polar surface area (TPSA) is 76.3 Å². The third-order valence-electron chi connectivity index (χ3n) is 3.38. The van der Waals surface area contributed by atoms with Crippen molar-refractivity contribution in [3.05, 3.63) is 51.9 Å². The van der Waals surface area contributed by atoms with Crippen LogP contribution >= 0.6 is 0 Å². The first kappa shape index (κ1) is 15.2. The number of aromatic nitrogens is 2. The van der Waals surface area contributed by atoms with Gasteiger partial charge in [-0.25, -0.2) is 4.68 Å². The molecule has 1 heterocycles. The van der Waals surface area contributed by atoms with Crippen molar-refractivity contribution in [2.45, 2.75) is 19.6 Å². The normalized spacial score (nSPS) is 12.3. The Morgan fingerprint density at radius 3 is 2.57 bits per heavy atom. The smallest absolute Gasteiger partial charge is 0.282 e. The Hall–Kier alpha value is -2.18. The Morgan fingerprint density at radius 2 is 2.00 bits per heavy atom. The number of aliphatic hydroxyl groups excluding tert-OH is 1. The van der Waals surface area contributed by atoms with Crippen LogP contribution in [-0.2, 0) is 6.54 Å². The van der Waals surface area contributed by atoms with Crippen LogP contribution in [0.3, 0.4) is 0 Å². The molecule has 21 heavy (non-hydrogen) atoms. The molecule has 0 bridgehead atoms. The molecule has 0 spiro atoms.